The number of hydrogen-bond acceptors (Lipinski definition) is 3. The highest BCUT2D eigenvalue weighted by Crippen LogP contribution is 2.18. The van der Waals surface area contributed by atoms with Crippen molar-refractivity contribution in [2.75, 3.05) is 12.4 Å². The van der Waals surface area contributed by atoms with Gasteiger partial charge in [0, 0.05) is 11.3 Å². The molecule has 0 spiro atoms. The van der Waals surface area contributed by atoms with Crippen molar-refractivity contribution in [2.24, 2.45) is 5.73 Å². The molecule has 0 aliphatic rings. The van der Waals surface area contributed by atoms with Gasteiger partial charge in [0.1, 0.15) is 5.75 Å². The van der Waals surface area contributed by atoms with E-state index in [9.17, 15) is 9.59 Å². The first-order chi connectivity index (χ1) is 10.1. The fourth-order valence-corrected chi connectivity index (χ4v) is 1.94. The highest BCUT2D eigenvalue weighted by Gasteiger charge is 2.10. The molecule has 0 atom stereocenters. The molecule has 2 aromatic rings. The van der Waals surface area contributed by atoms with Crippen LogP contribution in [0.4, 0.5) is 5.69 Å². The van der Waals surface area contributed by atoms with Crippen LogP contribution in [-0.4, -0.2) is 18.9 Å². The van der Waals surface area contributed by atoms with Crippen LogP contribution >= 0.6 is 0 Å². The molecule has 0 aliphatic carbocycles. The summed E-state index contributed by atoms with van der Waals surface area (Å²) in [5, 5.41) is 2.78. The van der Waals surface area contributed by atoms with Gasteiger partial charge in [-0.25, -0.2) is 0 Å². The monoisotopic (exact) mass is 284 g/mol. The van der Waals surface area contributed by atoms with E-state index in [-0.39, 0.29) is 12.3 Å². The zero-order chi connectivity index (χ0) is 15.2. The SMILES string of the molecule is COc1cccc(C(=O)Nc2ccccc2CC(N)=O)c1. The average molecular weight is 284 g/mol. The second kappa shape index (κ2) is 6.56. The average Bonchev–Trinajstić information content (AvgIpc) is 2.48. The predicted molar refractivity (Wildman–Crippen MR) is 80.3 cm³/mol. The third-order valence-electron chi connectivity index (χ3n) is 2.96. The first-order valence-electron chi connectivity index (χ1n) is 6.42. The third-order valence-corrected chi connectivity index (χ3v) is 2.96. The molecule has 108 valence electrons. The molecule has 2 aromatic carbocycles. The number of amides is 2. The van der Waals surface area contributed by atoms with Crippen molar-refractivity contribution >= 4 is 17.5 Å². The van der Waals surface area contributed by atoms with Crippen molar-refractivity contribution in [2.45, 2.75) is 6.42 Å². The summed E-state index contributed by atoms with van der Waals surface area (Å²) in [5.74, 6) is -0.114. The van der Waals surface area contributed by atoms with Crippen LogP contribution in [0.15, 0.2) is 48.5 Å². The van der Waals surface area contributed by atoms with Gasteiger partial charge >= 0.3 is 0 Å². The molecule has 21 heavy (non-hydrogen) atoms. The van der Waals surface area contributed by atoms with Gasteiger partial charge < -0.3 is 15.8 Å². The van der Waals surface area contributed by atoms with E-state index >= 15 is 0 Å². The number of primary amides is 1. The Kier molecular flexibility index (Phi) is 4.56. The number of nitrogens with one attached hydrogen (secondary N) is 1. The Balaban J connectivity index is 2.21. The summed E-state index contributed by atoms with van der Waals surface area (Å²) in [6.07, 6.45) is 0.0779. The Morgan fingerprint density at radius 3 is 2.62 bits per heavy atom. The summed E-state index contributed by atoms with van der Waals surface area (Å²) in [6, 6.07) is 13.9. The van der Waals surface area contributed by atoms with Gasteiger partial charge in [-0.05, 0) is 29.8 Å². The molecule has 0 aromatic heterocycles. The van der Waals surface area contributed by atoms with Crippen LogP contribution < -0.4 is 15.8 Å². The highest BCUT2D eigenvalue weighted by atomic mass is 16.5. The van der Waals surface area contributed by atoms with Crippen molar-refractivity contribution in [3.05, 3.63) is 59.7 Å². The number of anilines is 1. The first-order valence-corrected chi connectivity index (χ1v) is 6.42. The second-order valence-electron chi connectivity index (χ2n) is 4.49. The Morgan fingerprint density at radius 2 is 1.90 bits per heavy atom. The maximum atomic E-state index is 12.2. The maximum Gasteiger partial charge on any atom is 0.255 e. The molecule has 0 fully saturated rings. The van der Waals surface area contributed by atoms with Crippen LogP contribution in [-0.2, 0) is 11.2 Å². The third kappa shape index (κ3) is 3.82. The molecule has 0 bridgehead atoms. The summed E-state index contributed by atoms with van der Waals surface area (Å²) >= 11 is 0. The number of methoxy groups -OCH3 is 1. The molecular weight excluding hydrogens is 268 g/mol. The van der Waals surface area contributed by atoms with E-state index in [2.05, 4.69) is 5.32 Å². The minimum Gasteiger partial charge on any atom is -0.497 e. The predicted octanol–water partition coefficient (Wildman–Crippen LogP) is 1.98. The molecule has 0 unspecified atom stereocenters. The van der Waals surface area contributed by atoms with E-state index in [4.69, 9.17) is 10.5 Å². The van der Waals surface area contributed by atoms with Crippen LogP contribution in [0.2, 0.25) is 0 Å². The maximum absolute atomic E-state index is 12.2. The van der Waals surface area contributed by atoms with Gasteiger partial charge in [0.25, 0.3) is 5.91 Å². The standard InChI is InChI=1S/C16H16N2O3/c1-21-13-7-4-6-12(9-13)16(20)18-14-8-3-2-5-11(14)10-15(17)19/h2-9H,10H2,1H3,(H2,17,19)(H,18,20). The number of hydrogen-bond donors (Lipinski definition) is 2. The van der Waals surface area contributed by atoms with Crippen LogP contribution in [0.1, 0.15) is 15.9 Å². The zero-order valence-electron chi connectivity index (χ0n) is 11.6. The quantitative estimate of drug-likeness (QED) is 0.880. The van der Waals surface area contributed by atoms with Gasteiger partial charge in [0.05, 0.1) is 13.5 Å². The van der Waals surface area contributed by atoms with Crippen molar-refractivity contribution in [1.29, 1.82) is 0 Å². The van der Waals surface area contributed by atoms with E-state index in [0.29, 0.717) is 22.6 Å². The van der Waals surface area contributed by atoms with E-state index in [1.54, 1.807) is 55.6 Å². The van der Waals surface area contributed by atoms with Gasteiger partial charge in [-0.1, -0.05) is 24.3 Å². The van der Waals surface area contributed by atoms with Crippen molar-refractivity contribution in [3.8, 4) is 5.75 Å². The number of benzene rings is 2. The van der Waals surface area contributed by atoms with Crippen molar-refractivity contribution < 1.29 is 14.3 Å². The summed E-state index contributed by atoms with van der Waals surface area (Å²) in [5.41, 5.74) is 6.94. The molecule has 2 amide bonds. The number of rotatable bonds is 5. The molecule has 0 saturated carbocycles. The minimum atomic E-state index is -0.446. The van der Waals surface area contributed by atoms with Gasteiger partial charge in [0.15, 0.2) is 0 Å². The fourth-order valence-electron chi connectivity index (χ4n) is 1.94. The second-order valence-corrected chi connectivity index (χ2v) is 4.49. The minimum absolute atomic E-state index is 0.0779. The van der Waals surface area contributed by atoms with E-state index in [1.165, 1.54) is 0 Å². The lowest BCUT2D eigenvalue weighted by atomic mass is 10.1. The van der Waals surface area contributed by atoms with Gasteiger partial charge in [-0.2, -0.15) is 0 Å². The lowest BCUT2D eigenvalue weighted by molar-refractivity contribution is -0.117. The van der Waals surface area contributed by atoms with E-state index in [0.717, 1.165) is 0 Å². The van der Waals surface area contributed by atoms with Crippen LogP contribution in [0.25, 0.3) is 0 Å². The largest absolute Gasteiger partial charge is 0.497 e. The molecule has 2 rings (SSSR count). The van der Waals surface area contributed by atoms with Crippen molar-refractivity contribution in [1.82, 2.24) is 0 Å². The lowest BCUT2D eigenvalue weighted by Crippen LogP contribution is -2.17. The van der Waals surface area contributed by atoms with Crippen LogP contribution in [0, 0.1) is 0 Å². The van der Waals surface area contributed by atoms with Crippen LogP contribution in [0.3, 0.4) is 0 Å². The Labute approximate surface area is 122 Å². The topological polar surface area (TPSA) is 81.4 Å². The zero-order valence-corrected chi connectivity index (χ0v) is 11.6. The number of ether oxygens (including phenoxy) is 1. The summed E-state index contributed by atoms with van der Waals surface area (Å²) in [7, 11) is 1.54. The molecule has 0 heterocycles. The number of carbonyl (C=O) groups is 2. The van der Waals surface area contributed by atoms with Gasteiger partial charge in [0.2, 0.25) is 5.91 Å². The summed E-state index contributed by atoms with van der Waals surface area (Å²) in [4.78, 5) is 23.3. The highest BCUT2D eigenvalue weighted by molar-refractivity contribution is 6.05. The molecule has 5 heteroatoms. The van der Waals surface area contributed by atoms with Gasteiger partial charge in [-0.3, -0.25) is 9.59 Å². The smallest absolute Gasteiger partial charge is 0.255 e. The van der Waals surface area contributed by atoms with Crippen molar-refractivity contribution in [3.63, 3.8) is 0 Å². The number of carbonyl (C=O) groups excluding carboxylic acids is 2. The summed E-state index contributed by atoms with van der Waals surface area (Å²) in [6.45, 7) is 0. The molecule has 0 saturated heterocycles. The summed E-state index contributed by atoms with van der Waals surface area (Å²) < 4.78 is 5.09. The fraction of sp³-hybridized carbons (Fsp3) is 0.125. The Bertz CT molecular complexity index is 668. The molecule has 0 aliphatic heterocycles. The first kappa shape index (κ1) is 14.6. The molecule has 5 nitrogen and oxygen atoms in total. The molecule has 3 N–H and O–H groups in total. The van der Waals surface area contributed by atoms with Gasteiger partial charge in [-0.15, -0.1) is 0 Å². The Morgan fingerprint density at radius 1 is 1.14 bits per heavy atom. The van der Waals surface area contributed by atoms with Crippen LogP contribution in [0.5, 0.6) is 5.75 Å². The molecular formula is C16H16N2O3. The van der Waals surface area contributed by atoms with E-state index < -0.39 is 5.91 Å². The lowest BCUT2D eigenvalue weighted by Gasteiger charge is -2.10. The Hall–Kier alpha value is -2.82. The number of nitrogens with two attached hydrogens (primary N) is 1. The number of para-hydroxylation sites is 1. The normalized spacial score (nSPS) is 9.95. The van der Waals surface area contributed by atoms with E-state index in [1.807, 2.05) is 0 Å². The molecule has 0 radical (unpaired) electrons.